The monoisotopic (exact) mass is 388 g/mol. The van der Waals surface area contributed by atoms with E-state index in [1.165, 1.54) is 0 Å². The van der Waals surface area contributed by atoms with Crippen molar-refractivity contribution >= 4 is 17.3 Å². The topological polar surface area (TPSA) is 69.7 Å². The molecule has 4 aliphatic carbocycles. The van der Waals surface area contributed by atoms with Crippen molar-refractivity contribution in [2.24, 2.45) is 39.9 Å². The molecule has 154 valence electrons. The van der Waals surface area contributed by atoms with Gasteiger partial charge in [-0.25, -0.2) is 0 Å². The van der Waals surface area contributed by atoms with Crippen LogP contribution in [-0.2, 0) is 23.9 Å². The minimum Gasteiger partial charge on any atom is -0.346 e. The molecule has 0 N–H and O–H groups in total. The molecule has 0 radical (unpaired) electrons. The zero-order valence-electron chi connectivity index (χ0n) is 17.8. The van der Waals surface area contributed by atoms with Gasteiger partial charge in [0.15, 0.2) is 5.79 Å². The van der Waals surface area contributed by atoms with E-state index >= 15 is 0 Å². The fraction of sp³-hybridized carbons (Fsp3) is 0.870. The van der Waals surface area contributed by atoms with E-state index in [4.69, 9.17) is 9.47 Å². The highest BCUT2D eigenvalue weighted by Crippen LogP contribution is 2.72. The van der Waals surface area contributed by atoms with Gasteiger partial charge in [-0.1, -0.05) is 27.7 Å². The molecule has 5 heteroatoms. The number of fused-ring (bicyclic) bond motifs is 2. The molecule has 1 heterocycles. The molecule has 28 heavy (non-hydrogen) atoms. The van der Waals surface area contributed by atoms with Gasteiger partial charge in [0.25, 0.3) is 0 Å². The zero-order valence-corrected chi connectivity index (χ0v) is 17.8. The first-order chi connectivity index (χ1) is 12.9. The van der Waals surface area contributed by atoms with Crippen molar-refractivity contribution < 1.29 is 23.9 Å². The molecule has 0 amide bonds. The maximum Gasteiger partial charge on any atom is 0.163 e. The Morgan fingerprint density at radius 1 is 1.00 bits per heavy atom. The molecule has 0 aromatic carbocycles. The lowest BCUT2D eigenvalue weighted by Crippen LogP contribution is -2.75. The molecule has 5 fully saturated rings. The Balaban J connectivity index is 1.78. The average Bonchev–Trinajstić information content (AvgIpc) is 2.72. The Morgan fingerprint density at radius 2 is 1.68 bits per heavy atom. The summed E-state index contributed by atoms with van der Waals surface area (Å²) < 4.78 is 12.8. The Kier molecular flexibility index (Phi) is 3.48. The lowest BCUT2D eigenvalue weighted by atomic mass is 9.39. The van der Waals surface area contributed by atoms with Gasteiger partial charge in [0.05, 0.1) is 17.6 Å². The maximum absolute atomic E-state index is 13.8. The second kappa shape index (κ2) is 5.15. The molecule has 1 aliphatic heterocycles. The zero-order chi connectivity index (χ0) is 20.4. The van der Waals surface area contributed by atoms with Gasteiger partial charge in [0, 0.05) is 36.0 Å². The second-order valence-electron chi connectivity index (χ2n) is 11.4. The lowest BCUT2D eigenvalue weighted by molar-refractivity contribution is -0.370. The fourth-order valence-corrected chi connectivity index (χ4v) is 8.14. The van der Waals surface area contributed by atoms with E-state index in [0.29, 0.717) is 19.3 Å². The molecule has 0 aromatic rings. The van der Waals surface area contributed by atoms with Gasteiger partial charge in [-0.3, -0.25) is 14.4 Å². The summed E-state index contributed by atoms with van der Waals surface area (Å²) in [6, 6.07) is 0. The third-order valence-corrected chi connectivity index (χ3v) is 9.26. The molecule has 0 aromatic heterocycles. The van der Waals surface area contributed by atoms with Crippen LogP contribution in [-0.4, -0.2) is 35.3 Å². The quantitative estimate of drug-likeness (QED) is 0.637. The van der Waals surface area contributed by atoms with Crippen molar-refractivity contribution in [3.8, 4) is 0 Å². The van der Waals surface area contributed by atoms with Crippen molar-refractivity contribution in [1.82, 2.24) is 0 Å². The van der Waals surface area contributed by atoms with E-state index in [9.17, 15) is 14.4 Å². The predicted octanol–water partition coefficient (Wildman–Crippen LogP) is 3.33. The molecular formula is C23H32O5. The summed E-state index contributed by atoms with van der Waals surface area (Å²) >= 11 is 0. The van der Waals surface area contributed by atoms with E-state index in [1.54, 1.807) is 0 Å². The van der Waals surface area contributed by atoms with Gasteiger partial charge < -0.3 is 9.47 Å². The van der Waals surface area contributed by atoms with E-state index in [-0.39, 0.29) is 52.7 Å². The van der Waals surface area contributed by atoms with Crippen LogP contribution in [0.1, 0.15) is 67.2 Å². The first-order valence-corrected chi connectivity index (χ1v) is 10.8. The summed E-state index contributed by atoms with van der Waals surface area (Å²) in [5, 5.41) is 0. The van der Waals surface area contributed by atoms with Crippen molar-refractivity contribution in [1.29, 1.82) is 0 Å². The standard InChI is InChI=1S/C23H32O5/c1-11-12-9-13(24)17-22(6)14(20(2,3)8-7-15(22)25)10-16-23(17,18(11)26)19(12)28-21(4,5)27-16/h11-12,14,16-17,19H,7-10H2,1-6H3/t11-,12+,14-,16+,17+,19+,22-,23+/m0/s1. The van der Waals surface area contributed by atoms with Crippen LogP contribution in [0.5, 0.6) is 0 Å². The molecule has 5 nitrogen and oxygen atoms in total. The van der Waals surface area contributed by atoms with Crippen LogP contribution in [0.2, 0.25) is 0 Å². The average molecular weight is 389 g/mol. The summed E-state index contributed by atoms with van der Waals surface area (Å²) in [6.07, 6.45) is 1.59. The largest absolute Gasteiger partial charge is 0.346 e. The van der Waals surface area contributed by atoms with Crippen LogP contribution in [0.4, 0.5) is 0 Å². The highest BCUT2D eigenvalue weighted by molar-refractivity contribution is 6.04. The minimum absolute atomic E-state index is 0.0284. The van der Waals surface area contributed by atoms with Crippen LogP contribution in [0.25, 0.3) is 0 Å². The molecular weight excluding hydrogens is 356 g/mol. The van der Waals surface area contributed by atoms with Gasteiger partial charge in [-0.2, -0.15) is 0 Å². The first-order valence-electron chi connectivity index (χ1n) is 10.8. The number of carbonyl (C=O) groups excluding carboxylic acids is 3. The molecule has 5 aliphatic rings. The Bertz CT molecular complexity index is 797. The SMILES string of the molecule is C[C@@H]1C(=O)[C@@]23[C@@H]4OC(C)(C)O[C@@H]2C[C@H]2C(C)(C)CCC(=O)[C@@]2(C)[C@H]3C(=O)C[C@H]14. The van der Waals surface area contributed by atoms with Gasteiger partial charge >= 0.3 is 0 Å². The summed E-state index contributed by atoms with van der Waals surface area (Å²) in [5.41, 5.74) is -1.88. The Labute approximate surface area is 166 Å². The third-order valence-electron chi connectivity index (χ3n) is 9.26. The van der Waals surface area contributed by atoms with Crippen LogP contribution in [0.3, 0.4) is 0 Å². The number of rotatable bonds is 0. The minimum atomic E-state index is -0.997. The van der Waals surface area contributed by atoms with E-state index in [1.807, 2.05) is 27.7 Å². The highest BCUT2D eigenvalue weighted by Gasteiger charge is 2.81. The molecule has 5 rings (SSSR count). The molecule has 0 unspecified atom stereocenters. The molecule has 1 saturated heterocycles. The second-order valence-corrected chi connectivity index (χ2v) is 11.4. The number of hydrogen-bond acceptors (Lipinski definition) is 5. The summed E-state index contributed by atoms with van der Waals surface area (Å²) in [4.78, 5) is 40.7. The van der Waals surface area contributed by atoms with Crippen molar-refractivity contribution in [2.45, 2.75) is 85.2 Å². The fourth-order valence-electron chi connectivity index (χ4n) is 8.14. The van der Waals surface area contributed by atoms with Crippen molar-refractivity contribution in [2.75, 3.05) is 0 Å². The summed E-state index contributed by atoms with van der Waals surface area (Å²) in [5.74, 6) is -1.39. The van der Waals surface area contributed by atoms with Crippen molar-refractivity contribution in [3.63, 3.8) is 0 Å². The van der Waals surface area contributed by atoms with Crippen molar-refractivity contribution in [3.05, 3.63) is 0 Å². The number of Topliss-reactive ketones (excluding diaryl/α,β-unsaturated/α-hetero) is 3. The normalized spacial score (nSPS) is 53.6. The van der Waals surface area contributed by atoms with Gasteiger partial charge in [-0.05, 0) is 38.0 Å². The number of carbonyl (C=O) groups is 3. The number of ether oxygens (including phenoxy) is 2. The highest BCUT2D eigenvalue weighted by atomic mass is 16.7. The van der Waals surface area contributed by atoms with Crippen LogP contribution in [0, 0.1) is 39.9 Å². The van der Waals surface area contributed by atoms with Crippen LogP contribution in [0.15, 0.2) is 0 Å². The Hall–Kier alpha value is -1.07. The van der Waals surface area contributed by atoms with Gasteiger partial charge in [0.2, 0.25) is 0 Å². The molecule has 8 atom stereocenters. The molecule has 1 spiro atoms. The predicted molar refractivity (Wildman–Crippen MR) is 101 cm³/mol. The summed E-state index contributed by atoms with van der Waals surface area (Å²) in [7, 11) is 0. The Morgan fingerprint density at radius 3 is 2.36 bits per heavy atom. The van der Waals surface area contributed by atoms with Gasteiger partial charge in [0.1, 0.15) is 17.3 Å². The lowest BCUT2D eigenvalue weighted by Gasteiger charge is -2.67. The first kappa shape index (κ1) is 18.9. The smallest absolute Gasteiger partial charge is 0.163 e. The van der Waals surface area contributed by atoms with E-state index in [0.717, 1.165) is 6.42 Å². The van der Waals surface area contributed by atoms with E-state index in [2.05, 4.69) is 13.8 Å². The third kappa shape index (κ3) is 1.89. The van der Waals surface area contributed by atoms with Crippen LogP contribution >= 0.6 is 0 Å². The summed E-state index contributed by atoms with van der Waals surface area (Å²) in [6.45, 7) is 12.1. The molecule has 2 bridgehead atoms. The maximum atomic E-state index is 13.8. The van der Waals surface area contributed by atoms with Gasteiger partial charge in [-0.15, -0.1) is 0 Å². The number of hydrogen-bond donors (Lipinski definition) is 0. The van der Waals surface area contributed by atoms with Crippen LogP contribution < -0.4 is 0 Å². The van der Waals surface area contributed by atoms with E-state index < -0.39 is 22.5 Å². The number of ketones is 3. The molecule has 4 saturated carbocycles.